The Morgan fingerprint density at radius 3 is 3.00 bits per heavy atom. The molecule has 1 heterocycles. The Morgan fingerprint density at radius 1 is 1.55 bits per heavy atom. The van der Waals surface area contributed by atoms with Gasteiger partial charge >= 0.3 is 0 Å². The molecule has 7 heteroatoms. The summed E-state index contributed by atoms with van der Waals surface area (Å²) in [6.45, 7) is 3.89. The van der Waals surface area contributed by atoms with Crippen molar-refractivity contribution in [1.29, 1.82) is 0 Å². The number of thiazole rings is 1. The summed E-state index contributed by atoms with van der Waals surface area (Å²) in [7, 11) is 0. The highest BCUT2D eigenvalue weighted by atomic mass is 32.1. The molecular formula is C13H22N4O2S. The number of nitrogens with zero attached hydrogens (tertiary/aromatic N) is 1. The van der Waals surface area contributed by atoms with Crippen LogP contribution in [0.3, 0.4) is 0 Å². The number of amides is 1. The van der Waals surface area contributed by atoms with Gasteiger partial charge < -0.3 is 21.1 Å². The van der Waals surface area contributed by atoms with Crippen LogP contribution in [0, 0.1) is 0 Å². The Labute approximate surface area is 123 Å². The van der Waals surface area contributed by atoms with E-state index in [1.807, 2.05) is 6.92 Å². The van der Waals surface area contributed by atoms with Crippen molar-refractivity contribution in [3.63, 3.8) is 0 Å². The van der Waals surface area contributed by atoms with Gasteiger partial charge in [0.25, 0.3) is 5.91 Å². The Morgan fingerprint density at radius 2 is 2.35 bits per heavy atom. The summed E-state index contributed by atoms with van der Waals surface area (Å²) in [5.74, 6) is 0.150. The highest BCUT2D eigenvalue weighted by molar-refractivity contribution is 7.18. The minimum atomic E-state index is -0.154. The molecule has 0 unspecified atom stereocenters. The molecule has 0 aromatic carbocycles. The van der Waals surface area contributed by atoms with Gasteiger partial charge in [0.05, 0.1) is 0 Å². The van der Waals surface area contributed by atoms with Gasteiger partial charge in [0, 0.05) is 25.8 Å². The first-order valence-electron chi connectivity index (χ1n) is 7.09. The third kappa shape index (κ3) is 4.08. The third-order valence-corrected chi connectivity index (χ3v) is 4.25. The van der Waals surface area contributed by atoms with Crippen molar-refractivity contribution >= 4 is 28.2 Å². The lowest BCUT2D eigenvalue weighted by Crippen LogP contribution is -2.26. The topological polar surface area (TPSA) is 89.3 Å². The number of aromatic nitrogens is 1. The maximum Gasteiger partial charge on any atom is 0.265 e. The second-order valence-corrected chi connectivity index (χ2v) is 5.81. The van der Waals surface area contributed by atoms with Gasteiger partial charge in [-0.15, -0.1) is 0 Å². The average molecular weight is 298 g/mol. The fourth-order valence-corrected chi connectivity index (χ4v) is 2.76. The van der Waals surface area contributed by atoms with Crippen LogP contribution < -0.4 is 16.4 Å². The monoisotopic (exact) mass is 298 g/mol. The molecule has 0 radical (unpaired) electrons. The lowest BCUT2D eigenvalue weighted by atomic mass is 9.93. The van der Waals surface area contributed by atoms with E-state index in [2.05, 4.69) is 15.6 Å². The SMILES string of the molecule is CCOCCCNC(=O)c1sc(NC2CCC2)nc1N. The van der Waals surface area contributed by atoms with E-state index in [-0.39, 0.29) is 5.91 Å². The number of carbonyl (C=O) groups is 1. The number of anilines is 2. The fraction of sp³-hybridized carbons (Fsp3) is 0.692. The van der Waals surface area contributed by atoms with Gasteiger partial charge in [-0.2, -0.15) is 0 Å². The zero-order valence-electron chi connectivity index (χ0n) is 11.8. The predicted octanol–water partition coefficient (Wildman–Crippen LogP) is 1.85. The second-order valence-electron chi connectivity index (χ2n) is 4.81. The van der Waals surface area contributed by atoms with Crippen LogP contribution in [0.4, 0.5) is 10.9 Å². The first kappa shape index (κ1) is 15.1. The van der Waals surface area contributed by atoms with Crippen LogP contribution >= 0.6 is 11.3 Å². The smallest absolute Gasteiger partial charge is 0.265 e. The Hall–Kier alpha value is -1.34. The van der Waals surface area contributed by atoms with Crippen LogP contribution in [0.2, 0.25) is 0 Å². The van der Waals surface area contributed by atoms with Crippen molar-refractivity contribution in [2.45, 2.75) is 38.6 Å². The molecule has 0 aliphatic heterocycles. The number of hydrogen-bond acceptors (Lipinski definition) is 6. The maximum atomic E-state index is 12.0. The van der Waals surface area contributed by atoms with Gasteiger partial charge in [-0.05, 0) is 32.6 Å². The highest BCUT2D eigenvalue weighted by Gasteiger charge is 2.21. The van der Waals surface area contributed by atoms with E-state index in [0.29, 0.717) is 36.5 Å². The molecule has 6 nitrogen and oxygen atoms in total. The van der Waals surface area contributed by atoms with Crippen LogP contribution in [0.5, 0.6) is 0 Å². The number of ether oxygens (including phenoxy) is 1. The van der Waals surface area contributed by atoms with E-state index in [0.717, 1.165) is 11.6 Å². The van der Waals surface area contributed by atoms with Crippen molar-refractivity contribution in [3.05, 3.63) is 4.88 Å². The summed E-state index contributed by atoms with van der Waals surface area (Å²) in [6, 6.07) is 0.489. The summed E-state index contributed by atoms with van der Waals surface area (Å²) in [5, 5.41) is 6.89. The lowest BCUT2D eigenvalue weighted by molar-refractivity contribution is 0.0949. The quantitative estimate of drug-likeness (QED) is 0.637. The lowest BCUT2D eigenvalue weighted by Gasteiger charge is -2.25. The molecule has 112 valence electrons. The summed E-state index contributed by atoms with van der Waals surface area (Å²) < 4.78 is 5.22. The molecule has 1 aromatic heterocycles. The van der Waals surface area contributed by atoms with E-state index in [9.17, 15) is 4.79 Å². The van der Waals surface area contributed by atoms with Crippen LogP contribution in [0.15, 0.2) is 0 Å². The van der Waals surface area contributed by atoms with Gasteiger partial charge in [0.2, 0.25) is 0 Å². The van der Waals surface area contributed by atoms with Crippen LogP contribution in [-0.2, 0) is 4.74 Å². The molecule has 1 aromatic rings. The molecular weight excluding hydrogens is 276 g/mol. The molecule has 2 rings (SSSR count). The summed E-state index contributed by atoms with van der Waals surface area (Å²) in [6.07, 6.45) is 4.38. The summed E-state index contributed by atoms with van der Waals surface area (Å²) in [4.78, 5) is 16.7. The average Bonchev–Trinajstić information content (AvgIpc) is 2.75. The maximum absolute atomic E-state index is 12.0. The first-order chi connectivity index (χ1) is 9.70. The van der Waals surface area contributed by atoms with Crippen molar-refractivity contribution in [3.8, 4) is 0 Å². The molecule has 0 saturated heterocycles. The Bertz CT molecular complexity index is 446. The molecule has 1 fully saturated rings. The van der Waals surface area contributed by atoms with Gasteiger partial charge in [0.15, 0.2) is 5.13 Å². The van der Waals surface area contributed by atoms with E-state index < -0.39 is 0 Å². The third-order valence-electron chi connectivity index (χ3n) is 3.25. The number of rotatable bonds is 8. The Kier molecular flexibility index (Phi) is 5.60. The van der Waals surface area contributed by atoms with E-state index in [1.165, 1.54) is 30.6 Å². The van der Waals surface area contributed by atoms with Gasteiger partial charge in [-0.25, -0.2) is 4.98 Å². The molecule has 4 N–H and O–H groups in total. The molecule has 0 spiro atoms. The molecule has 0 bridgehead atoms. The number of nitrogens with one attached hydrogen (secondary N) is 2. The zero-order chi connectivity index (χ0) is 14.4. The van der Waals surface area contributed by atoms with Gasteiger partial charge in [0.1, 0.15) is 10.7 Å². The minimum absolute atomic E-state index is 0.154. The van der Waals surface area contributed by atoms with E-state index in [1.54, 1.807) is 0 Å². The van der Waals surface area contributed by atoms with Crippen molar-refractivity contribution in [2.24, 2.45) is 0 Å². The van der Waals surface area contributed by atoms with Gasteiger partial charge in [-0.3, -0.25) is 4.79 Å². The zero-order valence-corrected chi connectivity index (χ0v) is 12.6. The van der Waals surface area contributed by atoms with Crippen molar-refractivity contribution < 1.29 is 9.53 Å². The molecule has 20 heavy (non-hydrogen) atoms. The first-order valence-corrected chi connectivity index (χ1v) is 7.91. The molecule has 1 aliphatic rings. The fourth-order valence-electron chi connectivity index (χ4n) is 1.88. The largest absolute Gasteiger partial charge is 0.382 e. The van der Waals surface area contributed by atoms with E-state index in [4.69, 9.17) is 10.5 Å². The molecule has 1 amide bonds. The number of carbonyl (C=O) groups excluding carboxylic acids is 1. The minimum Gasteiger partial charge on any atom is -0.382 e. The molecule has 1 saturated carbocycles. The number of nitrogens with two attached hydrogens (primary N) is 1. The van der Waals surface area contributed by atoms with Crippen LogP contribution in [0.1, 0.15) is 42.3 Å². The molecule has 0 atom stereocenters. The number of nitrogen functional groups attached to an aromatic ring is 1. The van der Waals surface area contributed by atoms with Gasteiger partial charge in [-0.1, -0.05) is 11.3 Å². The highest BCUT2D eigenvalue weighted by Crippen LogP contribution is 2.29. The molecule has 1 aliphatic carbocycles. The van der Waals surface area contributed by atoms with Crippen molar-refractivity contribution in [1.82, 2.24) is 10.3 Å². The summed E-state index contributed by atoms with van der Waals surface area (Å²) >= 11 is 1.32. The Balaban J connectivity index is 1.79. The van der Waals surface area contributed by atoms with E-state index >= 15 is 0 Å². The van der Waals surface area contributed by atoms with Crippen molar-refractivity contribution in [2.75, 3.05) is 30.8 Å². The predicted molar refractivity (Wildman–Crippen MR) is 81.2 cm³/mol. The van der Waals surface area contributed by atoms with Crippen LogP contribution in [0.25, 0.3) is 0 Å². The standard InChI is InChI=1S/C13H22N4O2S/c1-2-19-8-4-7-15-12(18)10-11(14)17-13(20-10)16-9-5-3-6-9/h9H,2-8,14H2,1H3,(H,15,18)(H,16,17). The van der Waals surface area contributed by atoms with Crippen LogP contribution in [-0.4, -0.2) is 36.7 Å². The number of hydrogen-bond donors (Lipinski definition) is 3. The summed E-state index contributed by atoms with van der Waals surface area (Å²) in [5.41, 5.74) is 5.80. The second kappa shape index (κ2) is 7.44. The normalized spacial score (nSPS) is 14.8.